The minimum atomic E-state index is -1.14. The van der Waals surface area contributed by atoms with Crippen molar-refractivity contribution < 1.29 is 23.1 Å². The Balaban J connectivity index is 1.38. The summed E-state index contributed by atoms with van der Waals surface area (Å²) in [4.78, 5) is 27.2. The van der Waals surface area contributed by atoms with Gasteiger partial charge in [0.1, 0.15) is 11.6 Å². The first-order valence-electron chi connectivity index (χ1n) is 12.4. The molecule has 1 heterocycles. The molecule has 37 heavy (non-hydrogen) atoms. The number of rotatable bonds is 8. The van der Waals surface area contributed by atoms with Crippen LogP contribution in [0.1, 0.15) is 37.3 Å². The highest BCUT2D eigenvalue weighted by Gasteiger charge is 2.42. The Morgan fingerprint density at radius 1 is 0.892 bits per heavy atom. The molecule has 7 heteroatoms. The van der Waals surface area contributed by atoms with Crippen LogP contribution in [0.4, 0.5) is 19.3 Å². The Kier molecular flexibility index (Phi) is 8.46. The van der Waals surface area contributed by atoms with Gasteiger partial charge in [0.15, 0.2) is 11.4 Å². The van der Waals surface area contributed by atoms with Gasteiger partial charge < -0.3 is 9.64 Å². The topological polar surface area (TPSA) is 58.6 Å². The predicted octanol–water partition coefficient (Wildman–Crippen LogP) is 6.46. The van der Waals surface area contributed by atoms with E-state index in [0.29, 0.717) is 38.0 Å². The summed E-state index contributed by atoms with van der Waals surface area (Å²) >= 11 is 0. The second-order valence-electron chi connectivity index (χ2n) is 9.19. The molecular formula is C30H30F2N2O3. The van der Waals surface area contributed by atoms with Crippen molar-refractivity contribution >= 4 is 23.1 Å². The van der Waals surface area contributed by atoms with Gasteiger partial charge in [0.25, 0.3) is 0 Å². The van der Waals surface area contributed by atoms with Crippen molar-refractivity contribution in [1.29, 1.82) is 0 Å². The quantitative estimate of drug-likeness (QED) is 0.383. The zero-order chi connectivity index (χ0) is 26.3. The maximum absolute atomic E-state index is 13.5. The molecule has 0 unspecified atom stereocenters. The second-order valence-corrected chi connectivity index (χ2v) is 9.19. The van der Waals surface area contributed by atoms with E-state index < -0.39 is 11.7 Å². The van der Waals surface area contributed by atoms with Gasteiger partial charge in [-0.15, -0.1) is 0 Å². The van der Waals surface area contributed by atoms with Crippen LogP contribution in [-0.4, -0.2) is 42.0 Å². The van der Waals surface area contributed by atoms with E-state index in [9.17, 15) is 18.4 Å². The van der Waals surface area contributed by atoms with Gasteiger partial charge in [-0.05, 0) is 66.4 Å². The van der Waals surface area contributed by atoms with Crippen LogP contribution < -0.4 is 5.32 Å². The lowest BCUT2D eigenvalue weighted by Crippen LogP contribution is -2.52. The summed E-state index contributed by atoms with van der Waals surface area (Å²) in [5.41, 5.74) is 2.06. The molecule has 0 radical (unpaired) electrons. The number of hydrogen-bond acceptors (Lipinski definition) is 4. The van der Waals surface area contributed by atoms with E-state index in [1.165, 1.54) is 31.2 Å². The van der Waals surface area contributed by atoms with Crippen molar-refractivity contribution in [2.45, 2.75) is 31.8 Å². The fourth-order valence-electron chi connectivity index (χ4n) is 4.56. The number of ketones is 1. The highest BCUT2D eigenvalue weighted by atomic mass is 19.1. The van der Waals surface area contributed by atoms with Gasteiger partial charge in [0, 0.05) is 38.2 Å². The minimum Gasteiger partial charge on any atom is -0.435 e. The summed E-state index contributed by atoms with van der Waals surface area (Å²) in [7, 11) is 0. The number of nitrogens with one attached hydrogen (secondary N) is 1. The number of halogens is 2. The number of para-hydroxylation sites is 1. The summed E-state index contributed by atoms with van der Waals surface area (Å²) in [6, 6.07) is 21.5. The zero-order valence-corrected chi connectivity index (χ0v) is 20.8. The van der Waals surface area contributed by atoms with Crippen LogP contribution in [0, 0.1) is 11.6 Å². The number of hydrogen-bond donors (Lipinski definition) is 1. The van der Waals surface area contributed by atoms with Gasteiger partial charge in [-0.1, -0.05) is 48.5 Å². The summed E-state index contributed by atoms with van der Waals surface area (Å²) in [5, 5.41) is 2.68. The van der Waals surface area contributed by atoms with Crippen LogP contribution in [-0.2, 0) is 9.53 Å². The molecule has 0 aromatic heterocycles. The van der Waals surface area contributed by atoms with E-state index in [2.05, 4.69) is 16.3 Å². The van der Waals surface area contributed by atoms with Crippen LogP contribution in [0.5, 0.6) is 0 Å². The van der Waals surface area contributed by atoms with Gasteiger partial charge in [-0.3, -0.25) is 10.1 Å². The zero-order valence-electron chi connectivity index (χ0n) is 20.8. The number of likely N-dealkylation sites (tertiary alicyclic amines) is 1. The van der Waals surface area contributed by atoms with Crippen LogP contribution in [0.25, 0.3) is 5.57 Å². The summed E-state index contributed by atoms with van der Waals surface area (Å²) in [6.07, 6.45) is 2.96. The SMILES string of the molecule is CC(=O)C1(OC(=O)Nc2ccccc2)CCN(CCC=C(c2ccc(F)cc2)c2ccc(F)cc2)CC1. The molecule has 0 spiro atoms. The monoisotopic (exact) mass is 504 g/mol. The lowest BCUT2D eigenvalue weighted by Gasteiger charge is -2.39. The molecule has 0 atom stereocenters. The average Bonchev–Trinajstić information content (AvgIpc) is 2.89. The highest BCUT2D eigenvalue weighted by Crippen LogP contribution is 2.29. The molecule has 1 N–H and O–H groups in total. The largest absolute Gasteiger partial charge is 0.435 e. The minimum absolute atomic E-state index is 0.162. The molecule has 1 fully saturated rings. The number of ether oxygens (including phenoxy) is 1. The lowest BCUT2D eigenvalue weighted by atomic mass is 9.87. The van der Waals surface area contributed by atoms with Crippen molar-refractivity contribution in [3.63, 3.8) is 0 Å². The smallest absolute Gasteiger partial charge is 0.412 e. The fraction of sp³-hybridized carbons (Fsp3) is 0.267. The molecule has 3 aromatic carbocycles. The van der Waals surface area contributed by atoms with Crippen molar-refractivity contribution in [2.75, 3.05) is 25.0 Å². The Morgan fingerprint density at radius 2 is 1.43 bits per heavy atom. The van der Waals surface area contributed by atoms with Crippen LogP contribution >= 0.6 is 0 Å². The number of carbonyl (C=O) groups is 2. The van der Waals surface area contributed by atoms with Gasteiger partial charge in [-0.25, -0.2) is 13.6 Å². The highest BCUT2D eigenvalue weighted by molar-refractivity contribution is 5.91. The van der Waals surface area contributed by atoms with Gasteiger partial charge in [0.05, 0.1) is 0 Å². The first kappa shape index (κ1) is 26.2. The number of nitrogens with zero attached hydrogens (tertiary/aromatic N) is 1. The molecule has 0 saturated carbocycles. The molecule has 0 bridgehead atoms. The predicted molar refractivity (Wildman–Crippen MR) is 140 cm³/mol. The molecule has 5 nitrogen and oxygen atoms in total. The number of benzene rings is 3. The molecule has 1 saturated heterocycles. The van der Waals surface area contributed by atoms with E-state index >= 15 is 0 Å². The van der Waals surface area contributed by atoms with E-state index in [1.807, 2.05) is 6.07 Å². The first-order chi connectivity index (χ1) is 17.8. The normalized spacial score (nSPS) is 15.0. The third kappa shape index (κ3) is 6.89. The van der Waals surface area contributed by atoms with E-state index in [4.69, 9.17) is 4.74 Å². The lowest BCUT2D eigenvalue weighted by molar-refractivity contribution is -0.139. The van der Waals surface area contributed by atoms with Gasteiger partial charge in [0.2, 0.25) is 0 Å². The van der Waals surface area contributed by atoms with Crippen LogP contribution in [0.3, 0.4) is 0 Å². The second kappa shape index (κ2) is 11.9. The molecule has 192 valence electrons. The van der Waals surface area contributed by atoms with Crippen molar-refractivity contribution in [3.8, 4) is 0 Å². The van der Waals surface area contributed by atoms with Gasteiger partial charge in [-0.2, -0.15) is 0 Å². The summed E-state index contributed by atoms with van der Waals surface area (Å²) < 4.78 is 32.6. The fourth-order valence-corrected chi connectivity index (χ4v) is 4.56. The Hall–Kier alpha value is -3.84. The van der Waals surface area contributed by atoms with Gasteiger partial charge >= 0.3 is 6.09 Å². The number of anilines is 1. The number of Topliss-reactive ketones (excluding diaryl/α,β-unsaturated/α-hetero) is 1. The van der Waals surface area contributed by atoms with Crippen molar-refractivity contribution in [2.24, 2.45) is 0 Å². The summed E-state index contributed by atoms with van der Waals surface area (Å²) in [6.45, 7) is 3.41. The Labute approximate surface area is 215 Å². The van der Waals surface area contributed by atoms with E-state index in [-0.39, 0.29) is 17.4 Å². The molecular weight excluding hydrogens is 474 g/mol. The Bertz CT molecular complexity index is 1190. The standard InChI is InChI=1S/C30H30F2N2O3/c1-22(35)30(37-29(36)33-27-6-3-2-4-7-27)17-20-34(21-18-30)19-5-8-28(23-9-13-25(31)14-10-23)24-11-15-26(32)16-12-24/h2-4,6-16H,5,17-21H2,1H3,(H,33,36). The van der Waals surface area contributed by atoms with E-state index in [0.717, 1.165) is 23.2 Å². The number of carbonyl (C=O) groups excluding carboxylic acids is 2. The maximum Gasteiger partial charge on any atom is 0.412 e. The average molecular weight is 505 g/mol. The third-order valence-electron chi connectivity index (χ3n) is 6.72. The third-order valence-corrected chi connectivity index (χ3v) is 6.72. The van der Waals surface area contributed by atoms with Crippen LogP contribution in [0.2, 0.25) is 0 Å². The van der Waals surface area contributed by atoms with Crippen molar-refractivity contribution in [1.82, 2.24) is 4.90 Å². The number of amides is 1. The molecule has 4 rings (SSSR count). The Morgan fingerprint density at radius 3 is 1.95 bits per heavy atom. The number of piperidine rings is 1. The van der Waals surface area contributed by atoms with E-state index in [1.54, 1.807) is 48.5 Å². The first-order valence-corrected chi connectivity index (χ1v) is 12.4. The maximum atomic E-state index is 13.5. The van der Waals surface area contributed by atoms with Crippen molar-refractivity contribution in [3.05, 3.63) is 108 Å². The molecule has 0 aliphatic carbocycles. The molecule has 1 aliphatic heterocycles. The molecule has 3 aromatic rings. The molecule has 1 aliphatic rings. The van der Waals surface area contributed by atoms with Crippen LogP contribution in [0.15, 0.2) is 84.9 Å². The molecule has 1 amide bonds. The summed E-state index contributed by atoms with van der Waals surface area (Å²) in [5.74, 6) is -0.793.